The van der Waals surface area contributed by atoms with Gasteiger partial charge in [0.1, 0.15) is 11.2 Å². The minimum Gasteiger partial charge on any atom is -0.455 e. The standard InChI is InChI=1S/C54H36N2O/c1-3-12-37(13-4-1)38-22-27-42(28-23-38)55(44-31-33-45(34-32-44)56-51-20-9-7-16-47(51)48-17-8-10-21-52(48)56)43-29-24-39(25-30-43)41-26-35-53-50(36-41)49-19-11-18-46(54(49)57-53)40-14-5-2-6-15-40/h1-36H. The van der Waals surface area contributed by atoms with Gasteiger partial charge in [-0.3, -0.25) is 0 Å². The van der Waals surface area contributed by atoms with Crippen molar-refractivity contribution in [3.8, 4) is 39.1 Å². The van der Waals surface area contributed by atoms with Crippen molar-refractivity contribution in [2.24, 2.45) is 0 Å². The smallest absolute Gasteiger partial charge is 0.143 e. The van der Waals surface area contributed by atoms with Crippen LogP contribution in [0.3, 0.4) is 0 Å². The van der Waals surface area contributed by atoms with E-state index in [0.717, 1.165) is 66.9 Å². The second kappa shape index (κ2) is 13.6. The third kappa shape index (κ3) is 5.68. The van der Waals surface area contributed by atoms with Crippen molar-refractivity contribution in [2.45, 2.75) is 0 Å². The Bertz CT molecular complexity index is 3140. The highest BCUT2D eigenvalue weighted by Gasteiger charge is 2.17. The Morgan fingerprint density at radius 3 is 1.42 bits per heavy atom. The summed E-state index contributed by atoms with van der Waals surface area (Å²) in [5.41, 5.74) is 15.5. The highest BCUT2D eigenvalue weighted by Crippen LogP contribution is 2.40. The molecule has 0 N–H and O–H groups in total. The molecule has 0 fully saturated rings. The maximum atomic E-state index is 6.48. The lowest BCUT2D eigenvalue weighted by Gasteiger charge is -2.26. The summed E-state index contributed by atoms with van der Waals surface area (Å²) in [6.45, 7) is 0. The van der Waals surface area contributed by atoms with Gasteiger partial charge < -0.3 is 13.9 Å². The molecule has 2 aromatic heterocycles. The summed E-state index contributed by atoms with van der Waals surface area (Å²) in [6.07, 6.45) is 0. The predicted octanol–water partition coefficient (Wildman–Crippen LogP) is 15.2. The third-order valence-corrected chi connectivity index (χ3v) is 11.2. The van der Waals surface area contributed by atoms with Gasteiger partial charge in [-0.1, -0.05) is 146 Å². The van der Waals surface area contributed by atoms with Crippen LogP contribution in [0.15, 0.2) is 223 Å². The molecule has 9 aromatic carbocycles. The highest BCUT2D eigenvalue weighted by atomic mass is 16.3. The highest BCUT2D eigenvalue weighted by molar-refractivity contribution is 6.11. The van der Waals surface area contributed by atoms with Crippen LogP contribution < -0.4 is 4.90 Å². The van der Waals surface area contributed by atoms with Gasteiger partial charge in [0.2, 0.25) is 0 Å². The van der Waals surface area contributed by atoms with Crippen molar-refractivity contribution in [2.75, 3.05) is 4.90 Å². The van der Waals surface area contributed by atoms with E-state index < -0.39 is 0 Å². The van der Waals surface area contributed by atoms with E-state index in [2.05, 4.69) is 222 Å². The summed E-state index contributed by atoms with van der Waals surface area (Å²) in [6, 6.07) is 78.0. The van der Waals surface area contributed by atoms with Crippen LogP contribution in [0.1, 0.15) is 0 Å². The number of aromatic nitrogens is 1. The zero-order valence-corrected chi connectivity index (χ0v) is 31.1. The lowest BCUT2D eigenvalue weighted by atomic mass is 10.00. The van der Waals surface area contributed by atoms with E-state index in [0.29, 0.717) is 0 Å². The Labute approximate surface area is 330 Å². The molecule has 0 bridgehead atoms. The number of furan rings is 1. The topological polar surface area (TPSA) is 21.3 Å². The molecular formula is C54H36N2O. The molecule has 11 aromatic rings. The molecular weight excluding hydrogens is 693 g/mol. The van der Waals surface area contributed by atoms with Crippen LogP contribution in [0.4, 0.5) is 17.1 Å². The summed E-state index contributed by atoms with van der Waals surface area (Å²) < 4.78 is 8.85. The second-order valence-corrected chi connectivity index (χ2v) is 14.5. The van der Waals surface area contributed by atoms with Crippen LogP contribution in [0.25, 0.3) is 82.8 Å². The first-order valence-corrected chi connectivity index (χ1v) is 19.4. The van der Waals surface area contributed by atoms with E-state index in [1.807, 2.05) is 6.07 Å². The molecule has 0 amide bonds. The Kier molecular flexibility index (Phi) is 7.82. The molecule has 268 valence electrons. The Hall–Kier alpha value is -7.62. The van der Waals surface area contributed by atoms with Gasteiger partial charge in [0.15, 0.2) is 0 Å². The van der Waals surface area contributed by atoms with Crippen molar-refractivity contribution in [1.82, 2.24) is 4.57 Å². The van der Waals surface area contributed by atoms with Crippen LogP contribution in [-0.2, 0) is 0 Å². The number of nitrogens with zero attached hydrogens (tertiary/aromatic N) is 2. The number of rotatable bonds is 7. The van der Waals surface area contributed by atoms with Gasteiger partial charge in [-0.2, -0.15) is 0 Å². The van der Waals surface area contributed by atoms with Crippen molar-refractivity contribution in [1.29, 1.82) is 0 Å². The first kappa shape index (κ1) is 32.8. The van der Waals surface area contributed by atoms with Crippen LogP contribution in [0.2, 0.25) is 0 Å². The summed E-state index contributed by atoms with van der Waals surface area (Å²) in [7, 11) is 0. The molecule has 0 unspecified atom stereocenters. The normalized spacial score (nSPS) is 11.5. The van der Waals surface area contributed by atoms with E-state index in [4.69, 9.17) is 4.42 Å². The molecule has 0 saturated carbocycles. The molecule has 0 aliphatic heterocycles. The first-order valence-electron chi connectivity index (χ1n) is 19.4. The van der Waals surface area contributed by atoms with E-state index in [1.54, 1.807) is 0 Å². The van der Waals surface area contributed by atoms with Crippen LogP contribution in [-0.4, -0.2) is 4.57 Å². The lowest BCUT2D eigenvalue weighted by Crippen LogP contribution is -2.10. The van der Waals surface area contributed by atoms with E-state index >= 15 is 0 Å². The number of anilines is 3. The van der Waals surface area contributed by atoms with Gasteiger partial charge in [-0.15, -0.1) is 0 Å². The monoisotopic (exact) mass is 728 g/mol. The van der Waals surface area contributed by atoms with Gasteiger partial charge in [0, 0.05) is 49.9 Å². The molecule has 3 nitrogen and oxygen atoms in total. The zero-order valence-electron chi connectivity index (χ0n) is 31.1. The van der Waals surface area contributed by atoms with E-state index in [9.17, 15) is 0 Å². The molecule has 57 heavy (non-hydrogen) atoms. The number of hydrogen-bond donors (Lipinski definition) is 0. The van der Waals surface area contributed by atoms with Gasteiger partial charge in [-0.05, 0) is 101 Å². The molecule has 0 saturated heterocycles. The summed E-state index contributed by atoms with van der Waals surface area (Å²) in [5, 5.41) is 4.76. The van der Waals surface area contributed by atoms with Gasteiger partial charge >= 0.3 is 0 Å². The summed E-state index contributed by atoms with van der Waals surface area (Å²) >= 11 is 0. The molecule has 0 radical (unpaired) electrons. The number of fused-ring (bicyclic) bond motifs is 6. The van der Waals surface area contributed by atoms with Crippen molar-refractivity contribution >= 4 is 60.8 Å². The number of para-hydroxylation sites is 3. The maximum absolute atomic E-state index is 6.48. The molecule has 0 aliphatic rings. The van der Waals surface area contributed by atoms with E-state index in [1.165, 1.54) is 32.9 Å². The second-order valence-electron chi connectivity index (χ2n) is 14.5. The molecule has 0 spiro atoms. The molecule has 3 heteroatoms. The van der Waals surface area contributed by atoms with Crippen LogP contribution >= 0.6 is 0 Å². The van der Waals surface area contributed by atoms with Gasteiger partial charge in [0.25, 0.3) is 0 Å². The fourth-order valence-corrected chi connectivity index (χ4v) is 8.46. The average molecular weight is 729 g/mol. The third-order valence-electron chi connectivity index (χ3n) is 11.2. The van der Waals surface area contributed by atoms with Crippen LogP contribution in [0.5, 0.6) is 0 Å². The molecule has 0 atom stereocenters. The lowest BCUT2D eigenvalue weighted by molar-refractivity contribution is 0.670. The largest absolute Gasteiger partial charge is 0.455 e. The number of benzene rings is 9. The van der Waals surface area contributed by atoms with Crippen molar-refractivity contribution < 1.29 is 4.42 Å². The minimum atomic E-state index is 0.892. The van der Waals surface area contributed by atoms with Crippen molar-refractivity contribution in [3.05, 3.63) is 218 Å². The van der Waals surface area contributed by atoms with E-state index in [-0.39, 0.29) is 0 Å². The molecule has 0 aliphatic carbocycles. The molecule has 11 rings (SSSR count). The van der Waals surface area contributed by atoms with Crippen LogP contribution in [0, 0.1) is 0 Å². The van der Waals surface area contributed by atoms with Gasteiger partial charge in [0.05, 0.1) is 11.0 Å². The zero-order chi connectivity index (χ0) is 37.7. The minimum absolute atomic E-state index is 0.892. The maximum Gasteiger partial charge on any atom is 0.143 e. The summed E-state index contributed by atoms with van der Waals surface area (Å²) in [4.78, 5) is 2.34. The summed E-state index contributed by atoms with van der Waals surface area (Å²) in [5.74, 6) is 0. The van der Waals surface area contributed by atoms with Gasteiger partial charge in [-0.25, -0.2) is 0 Å². The Morgan fingerprint density at radius 2 is 0.807 bits per heavy atom. The Morgan fingerprint density at radius 1 is 0.333 bits per heavy atom. The fourth-order valence-electron chi connectivity index (χ4n) is 8.46. The predicted molar refractivity (Wildman–Crippen MR) is 239 cm³/mol. The number of hydrogen-bond acceptors (Lipinski definition) is 2. The molecule has 2 heterocycles. The Balaban J connectivity index is 0.981. The first-order chi connectivity index (χ1) is 28.3. The average Bonchev–Trinajstić information content (AvgIpc) is 3.84. The fraction of sp³-hybridized carbons (Fsp3) is 0. The quantitative estimate of drug-likeness (QED) is 0.163. The SMILES string of the molecule is c1ccc(-c2ccc(N(c3ccc(-c4ccc5oc6c(-c7ccccc7)cccc6c5c4)cc3)c3ccc(-n4c5ccccc5c5ccccc54)cc3)cc2)cc1. The van der Waals surface area contributed by atoms with Crippen molar-refractivity contribution in [3.63, 3.8) is 0 Å².